The first-order valence-corrected chi connectivity index (χ1v) is 10.4. The monoisotopic (exact) mass is 383 g/mol. The molecule has 152 valence electrons. The summed E-state index contributed by atoms with van der Waals surface area (Å²) in [6.07, 6.45) is 3.57. The Hall–Kier alpha value is -2.34. The van der Waals surface area contributed by atoms with Gasteiger partial charge in [0.15, 0.2) is 5.96 Å². The molecule has 1 fully saturated rings. The van der Waals surface area contributed by atoms with Crippen molar-refractivity contribution in [3.63, 3.8) is 0 Å². The number of ether oxygens (including phenoxy) is 1. The average molecular weight is 384 g/mol. The summed E-state index contributed by atoms with van der Waals surface area (Å²) in [7, 11) is 2.12. The number of hydrogen-bond acceptors (Lipinski definition) is 4. The van der Waals surface area contributed by atoms with Gasteiger partial charge in [-0.05, 0) is 50.3 Å². The third kappa shape index (κ3) is 6.09. The maximum absolute atomic E-state index is 5.46. The fourth-order valence-corrected chi connectivity index (χ4v) is 3.50. The molecule has 2 heterocycles. The lowest BCUT2D eigenvalue weighted by molar-refractivity contribution is 0.0625. The molecule has 2 aromatic rings. The normalized spacial score (nSPS) is 15.6. The Morgan fingerprint density at radius 1 is 1.21 bits per heavy atom. The number of guanidine groups is 1. The zero-order chi connectivity index (χ0) is 19.6. The number of anilines is 1. The number of aromatic nitrogens is 1. The number of rotatable bonds is 8. The lowest BCUT2D eigenvalue weighted by atomic mass is 9.96. The van der Waals surface area contributed by atoms with Crippen LogP contribution in [0.3, 0.4) is 0 Å². The van der Waals surface area contributed by atoms with E-state index < -0.39 is 0 Å². The number of pyridine rings is 1. The van der Waals surface area contributed by atoms with E-state index in [1.165, 1.54) is 19.3 Å². The molecular weight excluding hydrogens is 350 g/mol. The smallest absolute Gasteiger partial charge is 0.193 e. The predicted molar refractivity (Wildman–Crippen MR) is 117 cm³/mol. The number of nitrogens with one attached hydrogen (secondary N) is 2. The van der Waals surface area contributed by atoms with Crippen LogP contribution in [-0.4, -0.2) is 62.3 Å². The fourth-order valence-electron chi connectivity index (χ4n) is 3.50. The lowest BCUT2D eigenvalue weighted by Crippen LogP contribution is -2.40. The first kappa shape index (κ1) is 20.4. The van der Waals surface area contributed by atoms with Crippen LogP contribution in [0, 0.1) is 5.92 Å². The summed E-state index contributed by atoms with van der Waals surface area (Å²) >= 11 is 0. The number of benzene rings is 1. The van der Waals surface area contributed by atoms with Crippen molar-refractivity contribution in [2.75, 3.05) is 51.8 Å². The summed E-state index contributed by atoms with van der Waals surface area (Å²) in [6.45, 7) is 7.30. The van der Waals surface area contributed by atoms with Crippen molar-refractivity contribution in [3.05, 3.63) is 36.4 Å². The van der Waals surface area contributed by atoms with Crippen molar-refractivity contribution in [2.24, 2.45) is 10.9 Å². The van der Waals surface area contributed by atoms with Crippen molar-refractivity contribution >= 4 is 22.7 Å². The van der Waals surface area contributed by atoms with Crippen LogP contribution >= 0.6 is 0 Å². The summed E-state index contributed by atoms with van der Waals surface area (Å²) in [4.78, 5) is 11.7. The van der Waals surface area contributed by atoms with Crippen LogP contribution in [0.2, 0.25) is 0 Å². The van der Waals surface area contributed by atoms with E-state index in [4.69, 9.17) is 9.73 Å². The van der Waals surface area contributed by atoms with Gasteiger partial charge in [-0.1, -0.05) is 18.2 Å². The molecule has 28 heavy (non-hydrogen) atoms. The van der Waals surface area contributed by atoms with E-state index in [-0.39, 0.29) is 0 Å². The van der Waals surface area contributed by atoms with Crippen LogP contribution in [0.4, 0.5) is 5.82 Å². The molecule has 1 aromatic carbocycles. The molecule has 0 amide bonds. The highest BCUT2D eigenvalue weighted by Crippen LogP contribution is 2.18. The van der Waals surface area contributed by atoms with Crippen LogP contribution in [0.1, 0.15) is 26.2 Å². The van der Waals surface area contributed by atoms with E-state index in [9.17, 15) is 0 Å². The molecule has 0 bridgehead atoms. The number of nitrogens with zero attached hydrogens (tertiary/aromatic N) is 3. The topological polar surface area (TPSA) is 61.8 Å². The Balaban J connectivity index is 1.47. The van der Waals surface area contributed by atoms with E-state index in [1.54, 1.807) is 0 Å². The standard InChI is InChI=1S/C22H33N5O/c1-3-23-22(27(2)15-10-18-11-16-28-17-12-18)25-14-13-24-21-9-8-19-6-4-5-7-20(19)26-21/h4-9,18H,3,10-17H2,1-2H3,(H,23,25)(H,24,26). The highest BCUT2D eigenvalue weighted by Gasteiger charge is 2.15. The minimum Gasteiger partial charge on any atom is -0.381 e. The molecule has 3 rings (SSSR count). The van der Waals surface area contributed by atoms with Gasteiger partial charge in [-0.3, -0.25) is 4.99 Å². The predicted octanol–water partition coefficient (Wildman–Crippen LogP) is 3.36. The van der Waals surface area contributed by atoms with E-state index in [1.807, 2.05) is 24.3 Å². The summed E-state index contributed by atoms with van der Waals surface area (Å²) in [5, 5.41) is 7.94. The summed E-state index contributed by atoms with van der Waals surface area (Å²) in [6, 6.07) is 12.3. The molecule has 1 aliphatic rings. The first-order chi connectivity index (χ1) is 13.8. The van der Waals surface area contributed by atoms with Crippen molar-refractivity contribution < 1.29 is 4.74 Å². The van der Waals surface area contributed by atoms with Crippen LogP contribution in [0.5, 0.6) is 0 Å². The molecule has 0 atom stereocenters. The molecule has 1 saturated heterocycles. The van der Waals surface area contributed by atoms with Crippen LogP contribution in [-0.2, 0) is 4.74 Å². The van der Waals surface area contributed by atoms with Gasteiger partial charge in [-0.25, -0.2) is 4.98 Å². The SMILES string of the molecule is CCNC(=NCCNc1ccc2ccccc2n1)N(C)CCC1CCOCC1. The quantitative estimate of drug-likeness (QED) is 0.416. The summed E-state index contributed by atoms with van der Waals surface area (Å²) in [5.74, 6) is 2.65. The molecule has 0 saturated carbocycles. The van der Waals surface area contributed by atoms with Crippen LogP contribution < -0.4 is 10.6 Å². The van der Waals surface area contributed by atoms with Gasteiger partial charge in [-0.2, -0.15) is 0 Å². The second kappa shape index (κ2) is 10.9. The Kier molecular flexibility index (Phi) is 7.91. The third-order valence-electron chi connectivity index (χ3n) is 5.19. The molecule has 1 aromatic heterocycles. The Morgan fingerprint density at radius 2 is 2.04 bits per heavy atom. The van der Waals surface area contributed by atoms with Crippen molar-refractivity contribution in [3.8, 4) is 0 Å². The van der Waals surface area contributed by atoms with Crippen molar-refractivity contribution in [1.82, 2.24) is 15.2 Å². The largest absolute Gasteiger partial charge is 0.381 e. The second-order valence-electron chi connectivity index (χ2n) is 7.32. The van der Waals surface area contributed by atoms with Gasteiger partial charge in [0.2, 0.25) is 0 Å². The van der Waals surface area contributed by atoms with E-state index in [2.05, 4.69) is 46.6 Å². The first-order valence-electron chi connectivity index (χ1n) is 10.4. The minimum atomic E-state index is 0.707. The van der Waals surface area contributed by atoms with Crippen molar-refractivity contribution in [2.45, 2.75) is 26.2 Å². The van der Waals surface area contributed by atoms with Gasteiger partial charge in [0.05, 0.1) is 12.1 Å². The number of fused-ring (bicyclic) bond motifs is 1. The molecule has 2 N–H and O–H groups in total. The molecule has 6 nitrogen and oxygen atoms in total. The van der Waals surface area contributed by atoms with Crippen molar-refractivity contribution in [1.29, 1.82) is 0 Å². The number of hydrogen-bond donors (Lipinski definition) is 2. The summed E-state index contributed by atoms with van der Waals surface area (Å²) in [5.41, 5.74) is 1.01. The van der Waals surface area contributed by atoms with Gasteiger partial charge in [-0.15, -0.1) is 0 Å². The van der Waals surface area contributed by atoms with E-state index in [0.717, 1.165) is 61.4 Å². The van der Waals surface area contributed by atoms with Crippen LogP contribution in [0.15, 0.2) is 41.4 Å². The highest BCUT2D eigenvalue weighted by molar-refractivity contribution is 5.80. The second-order valence-corrected chi connectivity index (χ2v) is 7.32. The Labute approximate surface area is 168 Å². The van der Waals surface area contributed by atoms with Crippen LogP contribution in [0.25, 0.3) is 10.9 Å². The highest BCUT2D eigenvalue weighted by atomic mass is 16.5. The van der Waals surface area contributed by atoms with Gasteiger partial charge in [0.25, 0.3) is 0 Å². The fraction of sp³-hybridized carbons (Fsp3) is 0.545. The van der Waals surface area contributed by atoms with Gasteiger partial charge < -0.3 is 20.3 Å². The molecular formula is C22H33N5O. The lowest BCUT2D eigenvalue weighted by Gasteiger charge is -2.26. The Morgan fingerprint density at radius 3 is 2.86 bits per heavy atom. The molecule has 6 heteroatoms. The number of para-hydroxylation sites is 1. The van der Waals surface area contributed by atoms with E-state index >= 15 is 0 Å². The zero-order valence-electron chi connectivity index (χ0n) is 17.2. The third-order valence-corrected chi connectivity index (χ3v) is 5.19. The minimum absolute atomic E-state index is 0.707. The molecule has 1 aliphatic heterocycles. The maximum Gasteiger partial charge on any atom is 0.193 e. The number of aliphatic imine (C=N–C) groups is 1. The summed E-state index contributed by atoms with van der Waals surface area (Å²) < 4.78 is 5.46. The van der Waals surface area contributed by atoms with Gasteiger partial charge in [0, 0.05) is 45.3 Å². The molecule has 0 radical (unpaired) electrons. The maximum atomic E-state index is 5.46. The van der Waals surface area contributed by atoms with E-state index in [0.29, 0.717) is 6.54 Å². The Bertz CT molecular complexity index is 757. The molecule has 0 spiro atoms. The van der Waals surface area contributed by atoms with Gasteiger partial charge in [0.1, 0.15) is 5.82 Å². The molecule has 0 aliphatic carbocycles. The molecule has 0 unspecified atom stereocenters. The van der Waals surface area contributed by atoms with Gasteiger partial charge >= 0.3 is 0 Å². The average Bonchev–Trinajstić information content (AvgIpc) is 2.75. The zero-order valence-corrected chi connectivity index (χ0v) is 17.2.